The van der Waals surface area contributed by atoms with Crippen molar-refractivity contribution in [3.05, 3.63) is 0 Å². The van der Waals surface area contributed by atoms with Gasteiger partial charge in [0.25, 0.3) is 0 Å². The van der Waals surface area contributed by atoms with E-state index in [2.05, 4.69) is 26.1 Å². The Bertz CT molecular complexity index is 353. The SMILES string of the molecule is CCNC(CC(C)CC)C1CCCC(S(C)(=O)=O)C1. The molecule has 4 atom stereocenters. The summed E-state index contributed by atoms with van der Waals surface area (Å²) in [6, 6.07) is 0.490. The van der Waals surface area contributed by atoms with Crippen LogP contribution in [0.5, 0.6) is 0 Å². The van der Waals surface area contributed by atoms with E-state index in [1.165, 1.54) is 25.5 Å². The molecule has 3 nitrogen and oxygen atoms in total. The number of hydrogen-bond acceptors (Lipinski definition) is 3. The van der Waals surface area contributed by atoms with Crippen molar-refractivity contribution in [3.8, 4) is 0 Å². The van der Waals surface area contributed by atoms with Gasteiger partial charge in [-0.2, -0.15) is 0 Å². The van der Waals surface area contributed by atoms with E-state index in [-0.39, 0.29) is 5.25 Å². The number of rotatable bonds is 7. The summed E-state index contributed by atoms with van der Waals surface area (Å²) in [5, 5.41) is 3.49. The Morgan fingerprint density at radius 1 is 1.26 bits per heavy atom. The lowest BCUT2D eigenvalue weighted by Crippen LogP contribution is -2.41. The summed E-state index contributed by atoms with van der Waals surface area (Å²) in [7, 11) is -2.87. The van der Waals surface area contributed by atoms with Crippen molar-refractivity contribution >= 4 is 9.84 Å². The molecule has 1 saturated carbocycles. The molecule has 19 heavy (non-hydrogen) atoms. The van der Waals surface area contributed by atoms with Gasteiger partial charge in [0.15, 0.2) is 0 Å². The van der Waals surface area contributed by atoms with Crippen LogP contribution in [0, 0.1) is 11.8 Å². The summed E-state index contributed by atoms with van der Waals surface area (Å²) >= 11 is 0. The molecule has 0 saturated heterocycles. The number of nitrogens with one attached hydrogen (secondary N) is 1. The van der Waals surface area contributed by atoms with E-state index in [4.69, 9.17) is 0 Å². The summed E-state index contributed by atoms with van der Waals surface area (Å²) in [4.78, 5) is 0. The fourth-order valence-corrected chi connectivity index (χ4v) is 4.43. The van der Waals surface area contributed by atoms with Crippen LogP contribution < -0.4 is 5.32 Å². The van der Waals surface area contributed by atoms with Crippen LogP contribution >= 0.6 is 0 Å². The molecule has 1 aliphatic rings. The molecule has 1 aliphatic carbocycles. The Kier molecular flexibility index (Phi) is 6.81. The predicted octanol–water partition coefficient (Wildman–Crippen LogP) is 3.00. The highest BCUT2D eigenvalue weighted by Crippen LogP contribution is 2.32. The third kappa shape index (κ3) is 5.42. The van der Waals surface area contributed by atoms with Crippen LogP contribution in [0.4, 0.5) is 0 Å². The summed E-state index contributed by atoms with van der Waals surface area (Å²) in [5.74, 6) is 1.24. The quantitative estimate of drug-likeness (QED) is 0.783. The molecule has 1 N–H and O–H groups in total. The first-order valence-electron chi connectivity index (χ1n) is 7.80. The summed E-state index contributed by atoms with van der Waals surface area (Å²) in [6.07, 6.45) is 7.72. The molecule has 0 bridgehead atoms. The molecule has 0 aromatic heterocycles. The zero-order valence-corrected chi connectivity index (χ0v) is 13.8. The molecule has 0 aliphatic heterocycles. The second-order valence-electron chi connectivity index (χ2n) is 6.29. The first-order chi connectivity index (χ1) is 8.88. The molecule has 0 radical (unpaired) electrons. The molecular formula is C15H31NO2S. The van der Waals surface area contributed by atoms with E-state index in [1.54, 1.807) is 0 Å². The summed E-state index contributed by atoms with van der Waals surface area (Å²) in [6.45, 7) is 7.64. The van der Waals surface area contributed by atoms with E-state index in [0.717, 1.165) is 25.8 Å². The normalized spacial score (nSPS) is 28.0. The monoisotopic (exact) mass is 289 g/mol. The Balaban J connectivity index is 2.67. The van der Waals surface area contributed by atoms with Crippen LogP contribution in [0.1, 0.15) is 59.3 Å². The lowest BCUT2D eigenvalue weighted by molar-refractivity contribution is 0.239. The zero-order chi connectivity index (χ0) is 14.5. The average Bonchev–Trinajstić information content (AvgIpc) is 2.37. The molecule has 0 heterocycles. The smallest absolute Gasteiger partial charge is 0.150 e. The van der Waals surface area contributed by atoms with Crippen LogP contribution in [0.3, 0.4) is 0 Å². The van der Waals surface area contributed by atoms with Crippen LogP contribution in [-0.4, -0.2) is 32.5 Å². The van der Waals surface area contributed by atoms with E-state index in [9.17, 15) is 8.42 Å². The van der Waals surface area contributed by atoms with Gasteiger partial charge in [0.1, 0.15) is 9.84 Å². The fourth-order valence-electron chi connectivity index (χ4n) is 3.24. The largest absolute Gasteiger partial charge is 0.314 e. The maximum Gasteiger partial charge on any atom is 0.150 e. The second-order valence-corrected chi connectivity index (χ2v) is 8.62. The summed E-state index contributed by atoms with van der Waals surface area (Å²) in [5.41, 5.74) is 0. The van der Waals surface area contributed by atoms with E-state index < -0.39 is 9.84 Å². The van der Waals surface area contributed by atoms with E-state index >= 15 is 0 Å². The van der Waals surface area contributed by atoms with Crippen molar-refractivity contribution in [2.75, 3.05) is 12.8 Å². The van der Waals surface area contributed by atoms with Crippen molar-refractivity contribution in [2.24, 2.45) is 11.8 Å². The minimum Gasteiger partial charge on any atom is -0.314 e. The van der Waals surface area contributed by atoms with Crippen molar-refractivity contribution < 1.29 is 8.42 Å². The lowest BCUT2D eigenvalue weighted by Gasteiger charge is -2.35. The van der Waals surface area contributed by atoms with Gasteiger partial charge in [-0.25, -0.2) is 8.42 Å². The molecule has 0 aromatic rings. The van der Waals surface area contributed by atoms with Crippen LogP contribution in [0.15, 0.2) is 0 Å². The maximum absolute atomic E-state index is 11.8. The molecule has 4 heteroatoms. The molecule has 0 spiro atoms. The fraction of sp³-hybridized carbons (Fsp3) is 1.00. The molecule has 4 unspecified atom stereocenters. The topological polar surface area (TPSA) is 46.2 Å². The van der Waals surface area contributed by atoms with Gasteiger partial charge in [-0.1, -0.05) is 33.6 Å². The first kappa shape index (κ1) is 17.0. The average molecular weight is 289 g/mol. The van der Waals surface area contributed by atoms with Gasteiger partial charge in [0.2, 0.25) is 0 Å². The Morgan fingerprint density at radius 2 is 1.95 bits per heavy atom. The van der Waals surface area contributed by atoms with E-state index in [1.807, 2.05) is 0 Å². The predicted molar refractivity (Wildman–Crippen MR) is 82.1 cm³/mol. The second kappa shape index (κ2) is 7.63. The maximum atomic E-state index is 11.8. The van der Waals surface area contributed by atoms with Crippen molar-refractivity contribution in [1.29, 1.82) is 0 Å². The highest BCUT2D eigenvalue weighted by atomic mass is 32.2. The third-order valence-electron chi connectivity index (χ3n) is 4.66. The molecular weight excluding hydrogens is 258 g/mol. The third-order valence-corrected chi connectivity index (χ3v) is 6.30. The van der Waals surface area contributed by atoms with Crippen molar-refractivity contribution in [2.45, 2.75) is 70.6 Å². The van der Waals surface area contributed by atoms with Crippen molar-refractivity contribution in [3.63, 3.8) is 0 Å². The lowest BCUT2D eigenvalue weighted by atomic mass is 9.80. The van der Waals surface area contributed by atoms with Gasteiger partial charge in [-0.05, 0) is 44.1 Å². The number of sulfone groups is 1. The standard InChI is InChI=1S/C15H31NO2S/c1-5-12(3)10-15(16-6-2)13-8-7-9-14(11-13)19(4,17)18/h12-16H,5-11H2,1-4H3. The van der Waals surface area contributed by atoms with Gasteiger partial charge in [-0.15, -0.1) is 0 Å². The molecule has 1 rings (SSSR count). The Hall–Kier alpha value is -0.0900. The summed E-state index contributed by atoms with van der Waals surface area (Å²) < 4.78 is 23.5. The minimum atomic E-state index is -2.87. The van der Waals surface area contributed by atoms with E-state index in [0.29, 0.717) is 17.9 Å². The van der Waals surface area contributed by atoms with Gasteiger partial charge in [-0.3, -0.25) is 0 Å². The van der Waals surface area contributed by atoms with Crippen LogP contribution in [0.25, 0.3) is 0 Å². The Morgan fingerprint density at radius 3 is 2.47 bits per heavy atom. The Labute approximate surface area is 119 Å². The van der Waals surface area contributed by atoms with Crippen LogP contribution in [0.2, 0.25) is 0 Å². The first-order valence-corrected chi connectivity index (χ1v) is 9.76. The van der Waals surface area contributed by atoms with Crippen molar-refractivity contribution in [1.82, 2.24) is 5.32 Å². The minimum absolute atomic E-state index is 0.107. The molecule has 1 fully saturated rings. The zero-order valence-electron chi connectivity index (χ0n) is 13.0. The molecule has 0 aromatic carbocycles. The van der Waals surface area contributed by atoms with Gasteiger partial charge in [0, 0.05) is 12.3 Å². The van der Waals surface area contributed by atoms with Gasteiger partial charge < -0.3 is 5.32 Å². The highest BCUT2D eigenvalue weighted by molar-refractivity contribution is 7.91. The van der Waals surface area contributed by atoms with Gasteiger partial charge in [0.05, 0.1) is 5.25 Å². The number of hydrogen-bond donors (Lipinski definition) is 1. The highest BCUT2D eigenvalue weighted by Gasteiger charge is 2.33. The van der Waals surface area contributed by atoms with Crippen LogP contribution in [-0.2, 0) is 9.84 Å². The molecule has 114 valence electrons. The molecule has 0 amide bonds. The van der Waals surface area contributed by atoms with Gasteiger partial charge >= 0.3 is 0 Å².